The fourth-order valence-electron chi connectivity index (χ4n) is 4.82. The maximum Gasteiger partial charge on any atom is 0.291 e. The van der Waals surface area contributed by atoms with Gasteiger partial charge < -0.3 is 14.8 Å². The number of amides is 1. The molecular formula is C25H27N5O2. The molecule has 3 heterocycles. The van der Waals surface area contributed by atoms with Crippen LogP contribution in [-0.2, 0) is 7.05 Å². The molecule has 0 atom stereocenters. The molecule has 0 aliphatic carbocycles. The molecule has 2 aromatic heterocycles. The van der Waals surface area contributed by atoms with Gasteiger partial charge in [-0.25, -0.2) is 4.68 Å². The molecular weight excluding hydrogens is 402 g/mol. The number of fused-ring (bicyclic) bond motifs is 3. The van der Waals surface area contributed by atoms with E-state index in [-0.39, 0.29) is 17.5 Å². The smallest absolute Gasteiger partial charge is 0.291 e. The van der Waals surface area contributed by atoms with Gasteiger partial charge in [-0.15, -0.1) is 0 Å². The molecule has 1 fully saturated rings. The Kier molecular flexibility index (Phi) is 5.27. The number of anilines is 1. The summed E-state index contributed by atoms with van der Waals surface area (Å²) >= 11 is 0. The monoisotopic (exact) mass is 429 g/mol. The number of hydrogen-bond donors (Lipinski definition) is 1. The first-order valence-corrected chi connectivity index (χ1v) is 11.2. The standard InChI is InChI=1S/C25H27N5O2/c1-3-29(17-9-5-4-6-10-17)24(31)22-21-19-11-7-8-12-20(19)28(2)23(21)25(32)30(27-22)18-13-15-26-16-14-18/h4-12,18,26H,3,13-16H2,1-2H3. The van der Waals surface area contributed by atoms with E-state index in [4.69, 9.17) is 5.10 Å². The van der Waals surface area contributed by atoms with Gasteiger partial charge in [0.25, 0.3) is 11.5 Å². The SMILES string of the molecule is CCN(C(=O)c1nn(C2CCNCC2)c(=O)c2c1c1ccccc1n2C)c1ccccc1. The van der Waals surface area contributed by atoms with Gasteiger partial charge >= 0.3 is 0 Å². The summed E-state index contributed by atoms with van der Waals surface area (Å²) in [5, 5.41) is 9.60. The Hall–Kier alpha value is -3.45. The first-order valence-electron chi connectivity index (χ1n) is 11.2. The number of hydrogen-bond acceptors (Lipinski definition) is 4. The van der Waals surface area contributed by atoms with E-state index < -0.39 is 0 Å². The lowest BCUT2D eigenvalue weighted by atomic mass is 10.1. The molecule has 1 saturated heterocycles. The molecule has 5 rings (SSSR count). The molecule has 7 heteroatoms. The van der Waals surface area contributed by atoms with E-state index in [1.165, 1.54) is 0 Å². The highest BCUT2D eigenvalue weighted by Crippen LogP contribution is 2.30. The lowest BCUT2D eigenvalue weighted by Gasteiger charge is -2.25. The third-order valence-corrected chi connectivity index (χ3v) is 6.45. The maximum atomic E-state index is 13.9. The van der Waals surface area contributed by atoms with Crippen LogP contribution < -0.4 is 15.8 Å². The molecule has 32 heavy (non-hydrogen) atoms. The van der Waals surface area contributed by atoms with E-state index in [0.29, 0.717) is 23.1 Å². The minimum Gasteiger partial charge on any atom is -0.339 e. The summed E-state index contributed by atoms with van der Waals surface area (Å²) in [7, 11) is 1.89. The van der Waals surface area contributed by atoms with Crippen molar-refractivity contribution in [3.8, 4) is 0 Å². The maximum absolute atomic E-state index is 13.9. The zero-order chi connectivity index (χ0) is 22.2. The molecule has 1 amide bonds. The number of piperidine rings is 1. The van der Waals surface area contributed by atoms with Crippen LogP contribution in [-0.4, -0.2) is 39.9 Å². The Labute approximate surface area is 186 Å². The van der Waals surface area contributed by atoms with Crippen molar-refractivity contribution in [1.82, 2.24) is 19.7 Å². The fraction of sp³-hybridized carbons (Fsp3) is 0.320. The van der Waals surface area contributed by atoms with Gasteiger partial charge in [0.1, 0.15) is 5.52 Å². The third kappa shape index (κ3) is 3.20. The number of rotatable bonds is 4. The van der Waals surface area contributed by atoms with Crippen LogP contribution in [0.1, 0.15) is 36.3 Å². The predicted molar refractivity (Wildman–Crippen MR) is 127 cm³/mol. The third-order valence-electron chi connectivity index (χ3n) is 6.45. The Morgan fingerprint density at radius 2 is 1.78 bits per heavy atom. The first-order chi connectivity index (χ1) is 15.6. The van der Waals surface area contributed by atoms with E-state index in [2.05, 4.69) is 5.32 Å². The molecule has 2 aromatic carbocycles. The van der Waals surface area contributed by atoms with Crippen LogP contribution in [0.4, 0.5) is 5.69 Å². The quantitative estimate of drug-likeness (QED) is 0.539. The van der Waals surface area contributed by atoms with Crippen molar-refractivity contribution in [1.29, 1.82) is 0 Å². The summed E-state index contributed by atoms with van der Waals surface area (Å²) in [5.41, 5.74) is 2.47. The second-order valence-electron chi connectivity index (χ2n) is 8.26. The van der Waals surface area contributed by atoms with Gasteiger partial charge in [0.05, 0.1) is 6.04 Å². The topological polar surface area (TPSA) is 72.2 Å². The van der Waals surface area contributed by atoms with Crippen LogP contribution in [0.15, 0.2) is 59.4 Å². The van der Waals surface area contributed by atoms with Crippen molar-refractivity contribution < 1.29 is 4.79 Å². The van der Waals surface area contributed by atoms with Crippen molar-refractivity contribution in [3.63, 3.8) is 0 Å². The Balaban J connectivity index is 1.80. The first kappa shape index (κ1) is 20.5. The Morgan fingerprint density at radius 1 is 1.09 bits per heavy atom. The molecule has 0 spiro atoms. The summed E-state index contributed by atoms with van der Waals surface area (Å²) in [4.78, 5) is 29.3. The normalized spacial score (nSPS) is 14.8. The second-order valence-corrected chi connectivity index (χ2v) is 8.26. The van der Waals surface area contributed by atoms with Crippen molar-refractivity contribution in [2.24, 2.45) is 7.05 Å². The van der Waals surface area contributed by atoms with Crippen LogP contribution in [0.5, 0.6) is 0 Å². The van der Waals surface area contributed by atoms with Crippen LogP contribution in [0.25, 0.3) is 21.8 Å². The molecule has 0 unspecified atom stereocenters. The molecule has 1 aliphatic heterocycles. The van der Waals surface area contributed by atoms with Gasteiger partial charge in [0, 0.05) is 35.6 Å². The summed E-state index contributed by atoms with van der Waals surface area (Å²) in [6, 6.07) is 17.4. The fourth-order valence-corrected chi connectivity index (χ4v) is 4.82. The molecule has 4 aromatic rings. The van der Waals surface area contributed by atoms with Gasteiger partial charge in [-0.3, -0.25) is 9.59 Å². The number of nitrogens with zero attached hydrogens (tertiary/aromatic N) is 4. The van der Waals surface area contributed by atoms with Crippen LogP contribution in [0.3, 0.4) is 0 Å². The van der Waals surface area contributed by atoms with Crippen LogP contribution in [0, 0.1) is 0 Å². The molecule has 0 radical (unpaired) electrons. The highest BCUT2D eigenvalue weighted by Gasteiger charge is 2.28. The van der Waals surface area contributed by atoms with Gasteiger partial charge in [-0.2, -0.15) is 5.10 Å². The molecule has 1 N–H and O–H groups in total. The van der Waals surface area contributed by atoms with Gasteiger partial charge in [-0.05, 0) is 51.1 Å². The highest BCUT2D eigenvalue weighted by molar-refractivity contribution is 6.20. The van der Waals surface area contributed by atoms with Gasteiger partial charge in [0.2, 0.25) is 0 Å². The van der Waals surface area contributed by atoms with E-state index in [1.54, 1.807) is 9.58 Å². The van der Waals surface area contributed by atoms with E-state index in [1.807, 2.05) is 73.1 Å². The average molecular weight is 430 g/mol. The summed E-state index contributed by atoms with van der Waals surface area (Å²) in [5.74, 6) is -0.192. The van der Waals surface area contributed by atoms with Crippen LogP contribution >= 0.6 is 0 Å². The number of aryl methyl sites for hydroxylation is 1. The van der Waals surface area contributed by atoms with E-state index in [0.717, 1.165) is 42.5 Å². The van der Waals surface area contributed by atoms with Crippen molar-refractivity contribution in [2.45, 2.75) is 25.8 Å². The van der Waals surface area contributed by atoms with Crippen molar-refractivity contribution in [3.05, 3.63) is 70.6 Å². The van der Waals surface area contributed by atoms with E-state index in [9.17, 15) is 9.59 Å². The number of nitrogens with one attached hydrogen (secondary N) is 1. The Morgan fingerprint density at radius 3 is 2.50 bits per heavy atom. The van der Waals surface area contributed by atoms with Gasteiger partial charge in [0.15, 0.2) is 5.69 Å². The van der Waals surface area contributed by atoms with Gasteiger partial charge in [-0.1, -0.05) is 36.4 Å². The zero-order valence-electron chi connectivity index (χ0n) is 18.4. The number of para-hydroxylation sites is 2. The Bertz CT molecular complexity index is 1350. The molecule has 0 saturated carbocycles. The van der Waals surface area contributed by atoms with Crippen molar-refractivity contribution in [2.75, 3.05) is 24.5 Å². The second kappa shape index (κ2) is 8.24. The zero-order valence-corrected chi connectivity index (χ0v) is 18.4. The summed E-state index contributed by atoms with van der Waals surface area (Å²) < 4.78 is 3.47. The van der Waals surface area contributed by atoms with E-state index >= 15 is 0 Å². The van der Waals surface area contributed by atoms with Crippen molar-refractivity contribution >= 4 is 33.4 Å². The molecule has 164 valence electrons. The number of benzene rings is 2. The minimum absolute atomic E-state index is 0.0236. The molecule has 7 nitrogen and oxygen atoms in total. The lowest BCUT2D eigenvalue weighted by Crippen LogP contribution is -2.38. The summed E-state index contributed by atoms with van der Waals surface area (Å²) in [6.07, 6.45) is 1.62. The summed E-state index contributed by atoms with van der Waals surface area (Å²) in [6.45, 7) is 4.12. The molecule has 0 bridgehead atoms. The van der Waals surface area contributed by atoms with Crippen LogP contribution in [0.2, 0.25) is 0 Å². The minimum atomic E-state index is -0.192. The average Bonchev–Trinajstić information content (AvgIpc) is 3.14. The predicted octanol–water partition coefficient (Wildman–Crippen LogP) is 3.48. The number of carbonyl (C=O) groups excluding carboxylic acids is 1. The molecule has 1 aliphatic rings. The highest BCUT2D eigenvalue weighted by atomic mass is 16.2. The number of aromatic nitrogens is 3. The number of carbonyl (C=O) groups is 1. The largest absolute Gasteiger partial charge is 0.339 e. The lowest BCUT2D eigenvalue weighted by molar-refractivity contribution is 0.0982.